The van der Waals surface area contributed by atoms with Crippen molar-refractivity contribution in [2.45, 2.75) is 0 Å². The number of nitrogens with zero attached hydrogens (tertiary/aromatic N) is 2. The molecule has 13 aromatic rings. The maximum Gasteiger partial charge on any atom is 0.0709 e. The van der Waals surface area contributed by atoms with Crippen LogP contribution in [0, 0.1) is 0 Å². The molecular formula is C60H36N2. The summed E-state index contributed by atoms with van der Waals surface area (Å²) in [6, 6.07) is 70.6. The summed E-state index contributed by atoms with van der Waals surface area (Å²) in [5.41, 5.74) is 11.0. The van der Waals surface area contributed by atoms with Crippen LogP contribution in [0.3, 0.4) is 0 Å². The van der Waals surface area contributed by atoms with Gasteiger partial charge in [0.1, 0.15) is 0 Å². The second kappa shape index (κ2) is 13.7. The molecular weight excluding hydrogens is 749 g/mol. The van der Waals surface area contributed by atoms with Gasteiger partial charge in [0.05, 0.1) is 22.4 Å². The number of hydrogen-bond donors (Lipinski definition) is 0. The average Bonchev–Trinajstić information content (AvgIpc) is 3.33. The first-order valence-electron chi connectivity index (χ1n) is 21.3. The van der Waals surface area contributed by atoms with Crippen molar-refractivity contribution in [3.05, 3.63) is 217 Å². The SMILES string of the molecule is C(=Cc1ccc2cc(-c3ccc4ccc5cccc6ccc3c4c56)ccc2n1)c1ccc(C=Cc2ccc3cc(-c4cc5cccc6ccc7cccc4c7c65)ccc3n2)cc1. The zero-order valence-electron chi connectivity index (χ0n) is 33.7. The first-order valence-corrected chi connectivity index (χ1v) is 21.3. The van der Waals surface area contributed by atoms with Crippen molar-refractivity contribution in [2.24, 2.45) is 0 Å². The molecule has 11 aromatic carbocycles. The van der Waals surface area contributed by atoms with Crippen LogP contribution >= 0.6 is 0 Å². The van der Waals surface area contributed by atoms with Crippen LogP contribution < -0.4 is 0 Å². The summed E-state index contributed by atoms with van der Waals surface area (Å²) in [5, 5.41) is 17.9. The molecule has 0 unspecified atom stereocenters. The van der Waals surface area contributed by atoms with Gasteiger partial charge in [-0.05, 0) is 153 Å². The van der Waals surface area contributed by atoms with E-state index in [-0.39, 0.29) is 0 Å². The van der Waals surface area contributed by atoms with Crippen LogP contribution in [-0.2, 0) is 0 Å². The fourth-order valence-electron chi connectivity index (χ4n) is 9.87. The second-order valence-corrected chi connectivity index (χ2v) is 16.6. The Kier molecular flexibility index (Phi) is 7.64. The Labute approximate surface area is 358 Å². The highest BCUT2D eigenvalue weighted by atomic mass is 14.7. The van der Waals surface area contributed by atoms with Gasteiger partial charge in [-0.15, -0.1) is 0 Å². The molecule has 0 atom stereocenters. The minimum absolute atomic E-state index is 0.932. The van der Waals surface area contributed by atoms with E-state index in [1.807, 2.05) is 0 Å². The van der Waals surface area contributed by atoms with E-state index in [0.717, 1.165) is 44.3 Å². The van der Waals surface area contributed by atoms with Gasteiger partial charge in [-0.2, -0.15) is 0 Å². The van der Waals surface area contributed by atoms with Crippen LogP contribution in [0.5, 0.6) is 0 Å². The zero-order chi connectivity index (χ0) is 40.7. The third-order valence-corrected chi connectivity index (χ3v) is 12.9. The topological polar surface area (TPSA) is 25.8 Å². The van der Waals surface area contributed by atoms with Crippen molar-refractivity contribution in [1.29, 1.82) is 0 Å². The normalized spacial score (nSPS) is 12.4. The molecule has 13 rings (SSSR count). The summed E-state index contributed by atoms with van der Waals surface area (Å²) in [7, 11) is 0. The number of aromatic nitrogens is 2. The van der Waals surface area contributed by atoms with E-state index < -0.39 is 0 Å². The van der Waals surface area contributed by atoms with Crippen molar-refractivity contribution in [2.75, 3.05) is 0 Å². The predicted molar refractivity (Wildman–Crippen MR) is 266 cm³/mol. The molecule has 0 aliphatic rings. The van der Waals surface area contributed by atoms with E-state index in [1.54, 1.807) is 0 Å². The third kappa shape index (κ3) is 5.65. The first kappa shape index (κ1) is 34.6. The highest BCUT2D eigenvalue weighted by Crippen LogP contribution is 2.42. The lowest BCUT2D eigenvalue weighted by molar-refractivity contribution is 1.37. The molecule has 2 heteroatoms. The van der Waals surface area contributed by atoms with Gasteiger partial charge in [0, 0.05) is 10.8 Å². The number of hydrogen-bond acceptors (Lipinski definition) is 2. The minimum Gasteiger partial charge on any atom is -0.248 e. The molecule has 286 valence electrons. The van der Waals surface area contributed by atoms with Gasteiger partial charge in [0.25, 0.3) is 0 Å². The largest absolute Gasteiger partial charge is 0.248 e. The number of pyridine rings is 2. The zero-order valence-corrected chi connectivity index (χ0v) is 33.7. The molecule has 0 spiro atoms. The van der Waals surface area contributed by atoms with Crippen LogP contribution in [-0.4, -0.2) is 9.97 Å². The van der Waals surface area contributed by atoms with Gasteiger partial charge < -0.3 is 0 Å². The third-order valence-electron chi connectivity index (χ3n) is 12.9. The molecule has 62 heavy (non-hydrogen) atoms. The molecule has 0 bridgehead atoms. The molecule has 2 heterocycles. The highest BCUT2D eigenvalue weighted by molar-refractivity contribution is 6.27. The first-order chi connectivity index (χ1) is 30.7. The van der Waals surface area contributed by atoms with Crippen molar-refractivity contribution in [3.8, 4) is 22.3 Å². The number of benzene rings is 11. The Morgan fingerprint density at radius 3 is 1.31 bits per heavy atom. The van der Waals surface area contributed by atoms with E-state index in [9.17, 15) is 0 Å². The van der Waals surface area contributed by atoms with Crippen molar-refractivity contribution in [1.82, 2.24) is 9.97 Å². The molecule has 0 radical (unpaired) electrons. The fourth-order valence-corrected chi connectivity index (χ4v) is 9.87. The van der Waals surface area contributed by atoms with Gasteiger partial charge in [-0.3, -0.25) is 0 Å². The quantitative estimate of drug-likeness (QED) is 0.157. The fraction of sp³-hybridized carbons (Fsp3) is 0. The molecule has 0 fully saturated rings. The minimum atomic E-state index is 0.932. The maximum atomic E-state index is 5.01. The monoisotopic (exact) mass is 784 g/mol. The van der Waals surface area contributed by atoms with E-state index in [1.165, 1.54) is 86.9 Å². The van der Waals surface area contributed by atoms with Crippen LogP contribution in [0.1, 0.15) is 22.5 Å². The molecule has 0 aliphatic heterocycles. The predicted octanol–water partition coefficient (Wildman–Crippen LogP) is 16.3. The summed E-state index contributed by atoms with van der Waals surface area (Å²) in [5.74, 6) is 0. The average molecular weight is 785 g/mol. The van der Waals surface area contributed by atoms with E-state index >= 15 is 0 Å². The van der Waals surface area contributed by atoms with Crippen LogP contribution in [0.2, 0.25) is 0 Å². The number of fused-ring (bicyclic) bond motifs is 2. The van der Waals surface area contributed by atoms with Crippen LogP contribution in [0.4, 0.5) is 0 Å². The van der Waals surface area contributed by atoms with Crippen LogP contribution in [0.15, 0.2) is 194 Å². The smallest absolute Gasteiger partial charge is 0.0709 e. The summed E-state index contributed by atoms with van der Waals surface area (Å²) < 4.78 is 0. The molecule has 2 aromatic heterocycles. The van der Waals surface area contributed by atoms with Gasteiger partial charge in [0.2, 0.25) is 0 Å². The van der Waals surface area contributed by atoms with E-state index in [4.69, 9.17) is 9.97 Å². The van der Waals surface area contributed by atoms with Crippen molar-refractivity contribution < 1.29 is 0 Å². The Bertz CT molecular complexity index is 3950. The summed E-state index contributed by atoms with van der Waals surface area (Å²) in [6.07, 6.45) is 8.44. The second-order valence-electron chi connectivity index (χ2n) is 16.6. The Balaban J connectivity index is 0.722. The highest BCUT2D eigenvalue weighted by Gasteiger charge is 2.15. The Morgan fingerprint density at radius 2 is 0.710 bits per heavy atom. The molecule has 0 saturated heterocycles. The lowest BCUT2D eigenvalue weighted by Gasteiger charge is -2.15. The van der Waals surface area contributed by atoms with Gasteiger partial charge >= 0.3 is 0 Å². The standard InChI is InChI=1S/C60H36N2/c1-4-39-17-19-43-22-30-51(53-31-23-41(5-1)57(39)60(43)53)44-24-32-55-46(34-44)20-28-49(61-55)26-14-37-10-12-38(13-11-37)15-27-50-29-21-47-35-45(25-33-56(47)62-50)54-36-48-8-2-6-40-16-18-42-7-3-9-52(54)59(42)58(40)48/h1-36H. The lowest BCUT2D eigenvalue weighted by Crippen LogP contribution is -1.89. The molecule has 0 aliphatic carbocycles. The molecule has 0 N–H and O–H groups in total. The lowest BCUT2D eigenvalue weighted by atomic mass is 9.89. The van der Waals surface area contributed by atoms with Gasteiger partial charge in [0.15, 0.2) is 0 Å². The summed E-state index contributed by atoms with van der Waals surface area (Å²) in [6.45, 7) is 0. The van der Waals surface area contributed by atoms with Crippen LogP contribution in [0.25, 0.3) is 133 Å². The van der Waals surface area contributed by atoms with Gasteiger partial charge in [-0.1, -0.05) is 164 Å². The Hall–Kier alpha value is -8.20. The van der Waals surface area contributed by atoms with Crippen molar-refractivity contribution in [3.63, 3.8) is 0 Å². The van der Waals surface area contributed by atoms with Gasteiger partial charge in [-0.25, -0.2) is 9.97 Å². The van der Waals surface area contributed by atoms with Crippen molar-refractivity contribution >= 4 is 111 Å². The maximum absolute atomic E-state index is 5.01. The number of rotatable bonds is 6. The molecule has 0 saturated carbocycles. The summed E-state index contributed by atoms with van der Waals surface area (Å²) >= 11 is 0. The summed E-state index contributed by atoms with van der Waals surface area (Å²) in [4.78, 5) is 10.0. The molecule has 0 amide bonds. The van der Waals surface area contributed by atoms with E-state index in [2.05, 4.69) is 218 Å². The van der Waals surface area contributed by atoms with E-state index in [0.29, 0.717) is 0 Å². The molecule has 2 nitrogen and oxygen atoms in total. The Morgan fingerprint density at radius 1 is 0.274 bits per heavy atom.